The first kappa shape index (κ1) is 17.4. The number of rotatable bonds is 5. The Morgan fingerprint density at radius 2 is 2.16 bits per heavy atom. The SMILES string of the molecule is COCCn1nc(C(=O)N2CCC[C@H]2c2cccc(C)c2)ccc1=O. The Morgan fingerprint density at radius 1 is 1.32 bits per heavy atom. The summed E-state index contributed by atoms with van der Waals surface area (Å²) in [6.07, 6.45) is 1.91. The second kappa shape index (κ2) is 7.61. The standard InChI is InChI=1S/C19H23N3O3/c1-14-5-3-6-15(13-14)17-7-4-10-21(17)19(24)16-8-9-18(23)22(20-16)11-12-25-2/h3,5-6,8-9,13,17H,4,7,10-12H2,1-2H3/t17-/m0/s1. The third kappa shape index (κ3) is 3.79. The molecule has 1 amide bonds. The highest BCUT2D eigenvalue weighted by molar-refractivity contribution is 5.92. The average Bonchev–Trinajstić information content (AvgIpc) is 3.10. The van der Waals surface area contributed by atoms with Gasteiger partial charge in [0, 0.05) is 19.7 Å². The van der Waals surface area contributed by atoms with Crippen LogP contribution in [0, 0.1) is 6.92 Å². The number of amides is 1. The zero-order valence-corrected chi connectivity index (χ0v) is 14.6. The first-order chi connectivity index (χ1) is 12.1. The molecule has 2 heterocycles. The first-order valence-electron chi connectivity index (χ1n) is 8.55. The number of hydrogen-bond acceptors (Lipinski definition) is 4. The van der Waals surface area contributed by atoms with Crippen molar-refractivity contribution in [2.75, 3.05) is 20.3 Å². The van der Waals surface area contributed by atoms with Crippen molar-refractivity contribution in [1.29, 1.82) is 0 Å². The summed E-state index contributed by atoms with van der Waals surface area (Å²) >= 11 is 0. The molecule has 1 aromatic heterocycles. The van der Waals surface area contributed by atoms with Gasteiger partial charge < -0.3 is 9.64 Å². The second-order valence-corrected chi connectivity index (χ2v) is 6.34. The number of aromatic nitrogens is 2. The Morgan fingerprint density at radius 3 is 2.92 bits per heavy atom. The van der Waals surface area contributed by atoms with Gasteiger partial charge in [-0.3, -0.25) is 9.59 Å². The number of carbonyl (C=O) groups is 1. The maximum atomic E-state index is 13.0. The van der Waals surface area contributed by atoms with Gasteiger partial charge in [-0.15, -0.1) is 0 Å². The minimum Gasteiger partial charge on any atom is -0.383 e. The van der Waals surface area contributed by atoms with E-state index in [2.05, 4.69) is 30.2 Å². The van der Waals surface area contributed by atoms with Crippen molar-refractivity contribution < 1.29 is 9.53 Å². The minimum atomic E-state index is -0.231. The lowest BCUT2D eigenvalue weighted by Crippen LogP contribution is -2.34. The normalized spacial score (nSPS) is 17.0. The molecule has 6 heteroatoms. The van der Waals surface area contributed by atoms with Crippen molar-refractivity contribution in [3.63, 3.8) is 0 Å². The van der Waals surface area contributed by atoms with Crippen LogP contribution in [0.25, 0.3) is 0 Å². The highest BCUT2D eigenvalue weighted by Gasteiger charge is 2.31. The number of benzene rings is 1. The molecule has 0 spiro atoms. The second-order valence-electron chi connectivity index (χ2n) is 6.34. The number of carbonyl (C=O) groups excluding carboxylic acids is 1. The van der Waals surface area contributed by atoms with Crippen molar-refractivity contribution in [3.05, 3.63) is 63.6 Å². The Labute approximate surface area is 147 Å². The van der Waals surface area contributed by atoms with Crippen LogP contribution in [0.4, 0.5) is 0 Å². The predicted octanol–water partition coefficient (Wildman–Crippen LogP) is 2.18. The van der Waals surface area contributed by atoms with Crippen molar-refractivity contribution in [2.45, 2.75) is 32.4 Å². The Balaban J connectivity index is 1.85. The van der Waals surface area contributed by atoms with Crippen LogP contribution in [0.1, 0.15) is 40.5 Å². The smallest absolute Gasteiger partial charge is 0.274 e. The molecule has 1 atom stereocenters. The van der Waals surface area contributed by atoms with Gasteiger partial charge in [0.25, 0.3) is 11.5 Å². The lowest BCUT2D eigenvalue weighted by atomic mass is 10.0. The molecule has 0 aliphatic carbocycles. The van der Waals surface area contributed by atoms with Gasteiger partial charge in [-0.25, -0.2) is 4.68 Å². The zero-order chi connectivity index (χ0) is 17.8. The lowest BCUT2D eigenvalue weighted by molar-refractivity contribution is 0.0725. The molecule has 3 rings (SSSR count). The predicted molar refractivity (Wildman–Crippen MR) is 94.6 cm³/mol. The topological polar surface area (TPSA) is 64.4 Å². The van der Waals surface area contributed by atoms with Crippen LogP contribution in [0.3, 0.4) is 0 Å². The maximum Gasteiger partial charge on any atom is 0.274 e. The van der Waals surface area contributed by atoms with E-state index in [0.717, 1.165) is 18.4 Å². The number of aryl methyl sites for hydroxylation is 1. The molecular formula is C19H23N3O3. The maximum absolute atomic E-state index is 13.0. The number of likely N-dealkylation sites (tertiary alicyclic amines) is 1. The van der Waals surface area contributed by atoms with E-state index in [1.54, 1.807) is 7.11 Å². The molecule has 2 aromatic rings. The van der Waals surface area contributed by atoms with E-state index >= 15 is 0 Å². The molecule has 25 heavy (non-hydrogen) atoms. The third-order valence-corrected chi connectivity index (χ3v) is 4.53. The van der Waals surface area contributed by atoms with E-state index in [9.17, 15) is 9.59 Å². The van der Waals surface area contributed by atoms with Gasteiger partial charge in [0.15, 0.2) is 0 Å². The van der Waals surface area contributed by atoms with Crippen LogP contribution < -0.4 is 5.56 Å². The van der Waals surface area contributed by atoms with E-state index in [4.69, 9.17) is 4.74 Å². The van der Waals surface area contributed by atoms with Crippen LogP contribution in [0.15, 0.2) is 41.2 Å². The van der Waals surface area contributed by atoms with E-state index in [1.807, 2.05) is 11.0 Å². The molecule has 0 unspecified atom stereocenters. The molecule has 132 valence electrons. The fourth-order valence-electron chi connectivity index (χ4n) is 3.28. The molecule has 1 saturated heterocycles. The molecule has 1 aromatic carbocycles. The Bertz CT molecular complexity index is 816. The van der Waals surface area contributed by atoms with E-state index in [-0.39, 0.29) is 17.5 Å². The van der Waals surface area contributed by atoms with Crippen LogP contribution in [-0.2, 0) is 11.3 Å². The monoisotopic (exact) mass is 341 g/mol. The summed E-state index contributed by atoms with van der Waals surface area (Å²) in [6.45, 7) is 3.46. The van der Waals surface area contributed by atoms with Gasteiger partial charge >= 0.3 is 0 Å². The van der Waals surface area contributed by atoms with Crippen LogP contribution in [-0.4, -0.2) is 40.8 Å². The number of nitrogens with zero attached hydrogens (tertiary/aromatic N) is 3. The summed E-state index contributed by atoms with van der Waals surface area (Å²) in [5, 5.41) is 4.23. The molecule has 0 bridgehead atoms. The lowest BCUT2D eigenvalue weighted by Gasteiger charge is -2.25. The van der Waals surface area contributed by atoms with Crippen molar-refractivity contribution in [2.24, 2.45) is 0 Å². The fraction of sp³-hybridized carbons (Fsp3) is 0.421. The number of ether oxygens (including phenoxy) is 1. The van der Waals surface area contributed by atoms with Gasteiger partial charge in [-0.2, -0.15) is 5.10 Å². The zero-order valence-electron chi connectivity index (χ0n) is 14.6. The van der Waals surface area contributed by atoms with Crippen molar-refractivity contribution in [3.8, 4) is 0 Å². The van der Waals surface area contributed by atoms with E-state index < -0.39 is 0 Å². The van der Waals surface area contributed by atoms with Crippen molar-refractivity contribution >= 4 is 5.91 Å². The molecule has 1 aliphatic rings. The van der Waals surface area contributed by atoms with Gasteiger partial charge in [0.2, 0.25) is 0 Å². The van der Waals surface area contributed by atoms with Crippen molar-refractivity contribution in [1.82, 2.24) is 14.7 Å². The average molecular weight is 341 g/mol. The van der Waals surface area contributed by atoms with E-state index in [1.165, 1.54) is 22.4 Å². The fourth-order valence-corrected chi connectivity index (χ4v) is 3.28. The largest absolute Gasteiger partial charge is 0.383 e. The molecule has 0 radical (unpaired) electrons. The van der Waals surface area contributed by atoms with Crippen LogP contribution >= 0.6 is 0 Å². The summed E-state index contributed by atoms with van der Waals surface area (Å²) < 4.78 is 6.28. The van der Waals surface area contributed by atoms with Gasteiger partial charge in [0.1, 0.15) is 5.69 Å². The van der Waals surface area contributed by atoms with Crippen LogP contribution in [0.2, 0.25) is 0 Å². The molecule has 0 saturated carbocycles. The quantitative estimate of drug-likeness (QED) is 0.836. The molecule has 1 aliphatic heterocycles. The summed E-state index contributed by atoms with van der Waals surface area (Å²) in [5.74, 6) is -0.129. The highest BCUT2D eigenvalue weighted by atomic mass is 16.5. The molecule has 0 N–H and O–H groups in total. The molecular weight excluding hydrogens is 318 g/mol. The Hall–Kier alpha value is -2.47. The first-order valence-corrected chi connectivity index (χ1v) is 8.55. The third-order valence-electron chi connectivity index (χ3n) is 4.53. The van der Waals surface area contributed by atoms with Gasteiger partial charge in [0.05, 0.1) is 19.2 Å². The molecule has 1 fully saturated rings. The summed E-state index contributed by atoms with van der Waals surface area (Å²) in [4.78, 5) is 26.7. The van der Waals surface area contributed by atoms with Crippen LogP contribution in [0.5, 0.6) is 0 Å². The van der Waals surface area contributed by atoms with Gasteiger partial charge in [-0.05, 0) is 31.4 Å². The summed E-state index contributed by atoms with van der Waals surface area (Å²) in [5.41, 5.74) is 2.40. The minimum absolute atomic E-state index is 0.0635. The summed E-state index contributed by atoms with van der Waals surface area (Å²) in [6, 6.07) is 11.2. The number of methoxy groups -OCH3 is 1. The summed E-state index contributed by atoms with van der Waals surface area (Å²) in [7, 11) is 1.57. The highest BCUT2D eigenvalue weighted by Crippen LogP contribution is 2.33. The molecule has 6 nitrogen and oxygen atoms in total. The van der Waals surface area contributed by atoms with Gasteiger partial charge in [-0.1, -0.05) is 29.8 Å². The van der Waals surface area contributed by atoms with E-state index in [0.29, 0.717) is 25.4 Å². The number of hydrogen-bond donors (Lipinski definition) is 0. The Kier molecular flexibility index (Phi) is 5.28.